The topological polar surface area (TPSA) is 39.1 Å². The van der Waals surface area contributed by atoms with E-state index >= 15 is 0 Å². The van der Waals surface area contributed by atoms with Crippen LogP contribution in [0.15, 0.2) is 6.20 Å². The first-order chi connectivity index (χ1) is 7.84. The summed E-state index contributed by atoms with van der Waals surface area (Å²) in [5.41, 5.74) is 2.73. The van der Waals surface area contributed by atoms with Crippen LogP contribution < -0.4 is 5.32 Å². The van der Waals surface area contributed by atoms with E-state index in [1.165, 1.54) is 17.7 Å². The first-order valence-electron chi connectivity index (χ1n) is 6.19. The van der Waals surface area contributed by atoms with Gasteiger partial charge in [-0.2, -0.15) is 5.10 Å². The minimum absolute atomic E-state index is 0.548. The molecule has 88 valence electrons. The van der Waals surface area contributed by atoms with Gasteiger partial charge in [0.25, 0.3) is 0 Å². The zero-order valence-corrected chi connectivity index (χ0v) is 9.78. The molecule has 4 nitrogen and oxygen atoms in total. The molecule has 2 aliphatic rings. The molecule has 0 aromatic carbocycles. The highest BCUT2D eigenvalue weighted by Crippen LogP contribution is 2.33. The standard InChI is InChI=1S/C12H19N3O/c1-15-8-10(11-2-5-13-11)12(14-15)9-3-6-16-7-4-9/h8-9,11,13H,2-7H2,1H3. The zero-order chi connectivity index (χ0) is 11.0. The van der Waals surface area contributed by atoms with Crippen LogP contribution in [0.1, 0.15) is 42.5 Å². The number of aryl methyl sites for hydroxylation is 1. The highest BCUT2D eigenvalue weighted by Gasteiger charge is 2.28. The van der Waals surface area contributed by atoms with Crippen LogP contribution in [0.3, 0.4) is 0 Å². The number of rotatable bonds is 2. The van der Waals surface area contributed by atoms with Crippen LogP contribution in [0, 0.1) is 0 Å². The van der Waals surface area contributed by atoms with Gasteiger partial charge in [-0.3, -0.25) is 4.68 Å². The van der Waals surface area contributed by atoms with Crippen LogP contribution in [-0.2, 0) is 11.8 Å². The molecule has 1 unspecified atom stereocenters. The van der Waals surface area contributed by atoms with Gasteiger partial charge in [-0.15, -0.1) is 0 Å². The summed E-state index contributed by atoms with van der Waals surface area (Å²) in [7, 11) is 2.02. The third-order valence-corrected chi connectivity index (χ3v) is 3.69. The van der Waals surface area contributed by atoms with E-state index in [0.29, 0.717) is 12.0 Å². The van der Waals surface area contributed by atoms with E-state index in [1.807, 2.05) is 11.7 Å². The third kappa shape index (κ3) is 1.76. The predicted molar refractivity (Wildman–Crippen MR) is 61.4 cm³/mol. The van der Waals surface area contributed by atoms with Crippen molar-refractivity contribution in [2.24, 2.45) is 7.05 Å². The van der Waals surface area contributed by atoms with Gasteiger partial charge in [-0.25, -0.2) is 0 Å². The van der Waals surface area contributed by atoms with Crippen LogP contribution in [0.5, 0.6) is 0 Å². The highest BCUT2D eigenvalue weighted by molar-refractivity contribution is 5.26. The Hall–Kier alpha value is -0.870. The molecule has 2 aliphatic heterocycles. The van der Waals surface area contributed by atoms with E-state index in [9.17, 15) is 0 Å². The molecular weight excluding hydrogens is 202 g/mol. The van der Waals surface area contributed by atoms with Crippen molar-refractivity contribution >= 4 is 0 Å². The molecular formula is C12H19N3O. The number of nitrogens with one attached hydrogen (secondary N) is 1. The van der Waals surface area contributed by atoms with Crippen LogP contribution in [0.4, 0.5) is 0 Å². The summed E-state index contributed by atoms with van der Waals surface area (Å²) in [6.07, 6.45) is 5.68. The molecule has 3 heterocycles. The van der Waals surface area contributed by atoms with Crippen molar-refractivity contribution in [2.45, 2.75) is 31.2 Å². The van der Waals surface area contributed by atoms with Crippen LogP contribution in [0.2, 0.25) is 0 Å². The molecule has 2 fully saturated rings. The minimum Gasteiger partial charge on any atom is -0.381 e. The van der Waals surface area contributed by atoms with Gasteiger partial charge >= 0.3 is 0 Å². The van der Waals surface area contributed by atoms with Crippen LogP contribution in [-0.4, -0.2) is 29.5 Å². The Bertz CT molecular complexity index is 364. The Morgan fingerprint density at radius 3 is 2.75 bits per heavy atom. The first-order valence-corrected chi connectivity index (χ1v) is 6.19. The van der Waals surface area contributed by atoms with E-state index < -0.39 is 0 Å². The molecule has 0 bridgehead atoms. The molecule has 1 N–H and O–H groups in total. The van der Waals surface area contributed by atoms with E-state index in [4.69, 9.17) is 4.74 Å². The Balaban J connectivity index is 1.85. The van der Waals surface area contributed by atoms with Gasteiger partial charge in [-0.05, 0) is 25.8 Å². The summed E-state index contributed by atoms with van der Waals surface area (Å²) in [6, 6.07) is 0.548. The Kier molecular flexibility index (Phi) is 2.69. The van der Waals surface area contributed by atoms with E-state index in [0.717, 1.165) is 32.6 Å². The van der Waals surface area contributed by atoms with Gasteiger partial charge in [0.2, 0.25) is 0 Å². The van der Waals surface area contributed by atoms with Crippen molar-refractivity contribution in [3.05, 3.63) is 17.5 Å². The Labute approximate surface area is 96.0 Å². The molecule has 1 atom stereocenters. The molecule has 1 aromatic heterocycles. The van der Waals surface area contributed by atoms with Crippen LogP contribution >= 0.6 is 0 Å². The first kappa shape index (κ1) is 10.3. The summed E-state index contributed by atoms with van der Waals surface area (Å²) in [5.74, 6) is 0.604. The SMILES string of the molecule is Cn1cc(C2CCN2)c(C2CCOCC2)n1. The van der Waals surface area contributed by atoms with Crippen molar-refractivity contribution in [2.75, 3.05) is 19.8 Å². The smallest absolute Gasteiger partial charge is 0.0704 e. The fourth-order valence-corrected chi connectivity index (χ4v) is 2.63. The molecule has 3 rings (SSSR count). The molecule has 4 heteroatoms. The molecule has 0 amide bonds. The number of aromatic nitrogens is 2. The number of nitrogens with zero attached hydrogens (tertiary/aromatic N) is 2. The second kappa shape index (κ2) is 4.18. The van der Waals surface area contributed by atoms with Gasteiger partial charge in [-0.1, -0.05) is 0 Å². The summed E-state index contributed by atoms with van der Waals surface area (Å²) in [5, 5.41) is 8.13. The number of ether oxygens (including phenoxy) is 1. The number of hydrogen-bond acceptors (Lipinski definition) is 3. The van der Waals surface area contributed by atoms with Gasteiger partial charge in [0.1, 0.15) is 0 Å². The molecule has 1 aromatic rings. The number of hydrogen-bond donors (Lipinski definition) is 1. The second-order valence-corrected chi connectivity index (χ2v) is 4.83. The van der Waals surface area contributed by atoms with Crippen molar-refractivity contribution in [1.29, 1.82) is 0 Å². The van der Waals surface area contributed by atoms with Gasteiger partial charge < -0.3 is 10.1 Å². The van der Waals surface area contributed by atoms with E-state index in [-0.39, 0.29) is 0 Å². The van der Waals surface area contributed by atoms with Gasteiger partial charge in [0.05, 0.1) is 5.69 Å². The normalized spacial score (nSPS) is 26.7. The van der Waals surface area contributed by atoms with Crippen molar-refractivity contribution in [1.82, 2.24) is 15.1 Å². The summed E-state index contributed by atoms with van der Waals surface area (Å²) in [4.78, 5) is 0. The molecule has 16 heavy (non-hydrogen) atoms. The maximum atomic E-state index is 5.42. The quantitative estimate of drug-likeness (QED) is 0.819. The fraction of sp³-hybridized carbons (Fsp3) is 0.750. The molecule has 0 radical (unpaired) electrons. The van der Waals surface area contributed by atoms with Gasteiger partial charge in [0, 0.05) is 44.0 Å². The van der Waals surface area contributed by atoms with Crippen LogP contribution in [0.25, 0.3) is 0 Å². The monoisotopic (exact) mass is 221 g/mol. The summed E-state index contributed by atoms with van der Waals surface area (Å²) >= 11 is 0. The summed E-state index contributed by atoms with van der Waals surface area (Å²) < 4.78 is 7.38. The van der Waals surface area contributed by atoms with E-state index in [1.54, 1.807) is 0 Å². The Morgan fingerprint density at radius 1 is 1.38 bits per heavy atom. The average molecular weight is 221 g/mol. The second-order valence-electron chi connectivity index (χ2n) is 4.83. The fourth-order valence-electron chi connectivity index (χ4n) is 2.63. The Morgan fingerprint density at radius 2 is 2.12 bits per heavy atom. The molecule has 0 spiro atoms. The summed E-state index contributed by atoms with van der Waals surface area (Å²) in [6.45, 7) is 2.92. The van der Waals surface area contributed by atoms with Crippen molar-refractivity contribution in [3.63, 3.8) is 0 Å². The maximum Gasteiger partial charge on any atom is 0.0704 e. The lowest BCUT2D eigenvalue weighted by atomic mass is 9.89. The van der Waals surface area contributed by atoms with Crippen molar-refractivity contribution in [3.8, 4) is 0 Å². The van der Waals surface area contributed by atoms with Gasteiger partial charge in [0.15, 0.2) is 0 Å². The molecule has 0 saturated carbocycles. The minimum atomic E-state index is 0.548. The maximum absolute atomic E-state index is 5.42. The lowest BCUT2D eigenvalue weighted by molar-refractivity contribution is 0.0840. The van der Waals surface area contributed by atoms with Crippen molar-refractivity contribution < 1.29 is 4.74 Å². The predicted octanol–water partition coefficient (Wildman–Crippen LogP) is 1.35. The average Bonchev–Trinajstić information content (AvgIpc) is 2.59. The molecule has 2 saturated heterocycles. The largest absolute Gasteiger partial charge is 0.381 e. The van der Waals surface area contributed by atoms with E-state index in [2.05, 4.69) is 16.6 Å². The third-order valence-electron chi connectivity index (χ3n) is 3.69. The zero-order valence-electron chi connectivity index (χ0n) is 9.78. The highest BCUT2D eigenvalue weighted by atomic mass is 16.5. The lowest BCUT2D eigenvalue weighted by Crippen LogP contribution is -2.35. The molecule has 0 aliphatic carbocycles. The lowest BCUT2D eigenvalue weighted by Gasteiger charge is -2.29.